The maximum atomic E-state index is 12.9. The van der Waals surface area contributed by atoms with Crippen molar-refractivity contribution in [2.24, 2.45) is 0 Å². The minimum atomic E-state index is -0.770. The Morgan fingerprint density at radius 3 is 2.43 bits per heavy atom. The van der Waals surface area contributed by atoms with Crippen molar-refractivity contribution in [2.75, 3.05) is 20.8 Å². The number of carbonyl (C=O) groups is 2. The minimum absolute atomic E-state index is 0.209. The highest BCUT2D eigenvalue weighted by molar-refractivity contribution is 6.04. The van der Waals surface area contributed by atoms with Gasteiger partial charge < -0.3 is 24.8 Å². The first kappa shape index (κ1) is 19.3. The van der Waals surface area contributed by atoms with E-state index < -0.39 is 18.0 Å². The molecule has 7 nitrogen and oxygen atoms in total. The summed E-state index contributed by atoms with van der Waals surface area (Å²) in [6.07, 6.45) is 0. The highest BCUT2D eigenvalue weighted by Gasteiger charge is 2.36. The van der Waals surface area contributed by atoms with Crippen LogP contribution >= 0.6 is 0 Å². The third kappa shape index (κ3) is 3.64. The second-order valence-corrected chi connectivity index (χ2v) is 5.99. The lowest BCUT2D eigenvalue weighted by atomic mass is 9.92. The molecule has 2 amide bonds. The van der Waals surface area contributed by atoms with Crippen molar-refractivity contribution in [3.8, 4) is 11.5 Å². The zero-order valence-electron chi connectivity index (χ0n) is 15.9. The maximum absolute atomic E-state index is 12.9. The molecule has 0 bridgehead atoms. The molecule has 0 saturated carbocycles. The molecule has 2 aromatic rings. The molecule has 0 fully saturated rings. The molecule has 3 rings (SSSR count). The fourth-order valence-electron chi connectivity index (χ4n) is 3.20. The van der Waals surface area contributed by atoms with E-state index in [9.17, 15) is 9.59 Å². The van der Waals surface area contributed by atoms with E-state index in [0.29, 0.717) is 33.9 Å². The number of rotatable bonds is 6. The predicted octanol–water partition coefficient (Wildman–Crippen LogP) is 3.03. The van der Waals surface area contributed by atoms with Gasteiger partial charge in [0.15, 0.2) is 11.5 Å². The summed E-state index contributed by atoms with van der Waals surface area (Å²) in [4.78, 5) is 25.3. The Kier molecular flexibility index (Phi) is 5.84. The Labute approximate surface area is 163 Å². The largest absolute Gasteiger partial charge is 0.493 e. The normalized spacial score (nSPS) is 16.1. The van der Waals surface area contributed by atoms with Crippen LogP contribution in [0, 0.1) is 0 Å². The van der Waals surface area contributed by atoms with Gasteiger partial charge in [0.25, 0.3) is 0 Å². The molecular formula is C21H22N2O5. The van der Waals surface area contributed by atoms with Crippen LogP contribution in [0.4, 0.5) is 4.79 Å². The second kappa shape index (κ2) is 8.47. The summed E-state index contributed by atoms with van der Waals surface area (Å²) in [7, 11) is 3.04. The molecule has 1 aliphatic rings. The van der Waals surface area contributed by atoms with Crippen LogP contribution < -0.4 is 20.1 Å². The maximum Gasteiger partial charge on any atom is 0.338 e. The zero-order valence-corrected chi connectivity index (χ0v) is 15.9. The van der Waals surface area contributed by atoms with Gasteiger partial charge in [-0.1, -0.05) is 42.5 Å². The Balaban J connectivity index is 2.24. The van der Waals surface area contributed by atoms with E-state index >= 15 is 0 Å². The zero-order chi connectivity index (χ0) is 20.1. The summed E-state index contributed by atoms with van der Waals surface area (Å²) in [6, 6.07) is 13.3. The molecule has 2 N–H and O–H groups in total. The third-order valence-corrected chi connectivity index (χ3v) is 4.37. The number of benzene rings is 2. The van der Waals surface area contributed by atoms with Crippen molar-refractivity contribution in [2.45, 2.75) is 13.0 Å². The predicted molar refractivity (Wildman–Crippen MR) is 104 cm³/mol. The van der Waals surface area contributed by atoms with Gasteiger partial charge in [-0.05, 0) is 18.6 Å². The molecule has 146 valence electrons. The van der Waals surface area contributed by atoms with E-state index in [1.807, 2.05) is 30.3 Å². The van der Waals surface area contributed by atoms with Crippen LogP contribution in [0.2, 0.25) is 0 Å². The van der Waals surface area contributed by atoms with E-state index in [0.717, 1.165) is 0 Å². The molecule has 0 aromatic heterocycles. The lowest BCUT2D eigenvalue weighted by Crippen LogP contribution is -2.45. The number of amides is 2. The van der Waals surface area contributed by atoms with E-state index in [2.05, 4.69) is 10.6 Å². The van der Waals surface area contributed by atoms with Crippen molar-refractivity contribution in [1.29, 1.82) is 0 Å². The van der Waals surface area contributed by atoms with Crippen molar-refractivity contribution in [3.63, 3.8) is 0 Å². The van der Waals surface area contributed by atoms with Gasteiger partial charge in [0.2, 0.25) is 0 Å². The molecule has 28 heavy (non-hydrogen) atoms. The van der Waals surface area contributed by atoms with Crippen molar-refractivity contribution < 1.29 is 23.8 Å². The first-order chi connectivity index (χ1) is 13.6. The van der Waals surface area contributed by atoms with Crippen molar-refractivity contribution >= 4 is 17.7 Å². The average molecular weight is 382 g/mol. The quantitative estimate of drug-likeness (QED) is 0.750. The molecule has 0 spiro atoms. The molecule has 2 aromatic carbocycles. The van der Waals surface area contributed by atoms with Gasteiger partial charge in [0.05, 0.1) is 38.1 Å². The number of methoxy groups -OCH3 is 2. The molecule has 0 aliphatic carbocycles. The highest BCUT2D eigenvalue weighted by atomic mass is 16.5. The second-order valence-electron chi connectivity index (χ2n) is 5.99. The lowest BCUT2D eigenvalue weighted by Gasteiger charge is -2.30. The average Bonchev–Trinajstić information content (AvgIpc) is 2.73. The highest BCUT2D eigenvalue weighted by Crippen LogP contribution is 2.40. The molecule has 0 radical (unpaired) electrons. The first-order valence-electron chi connectivity index (χ1n) is 8.85. The fourth-order valence-corrected chi connectivity index (χ4v) is 3.20. The van der Waals surface area contributed by atoms with Gasteiger partial charge in [-0.15, -0.1) is 0 Å². The molecule has 7 heteroatoms. The molecule has 0 saturated heterocycles. The summed E-state index contributed by atoms with van der Waals surface area (Å²) >= 11 is 0. The first-order valence-corrected chi connectivity index (χ1v) is 8.85. The Morgan fingerprint density at radius 2 is 1.79 bits per heavy atom. The number of para-hydroxylation sites is 1. The minimum Gasteiger partial charge on any atom is -0.493 e. The molecule has 0 unspecified atom stereocenters. The van der Waals surface area contributed by atoms with Crippen LogP contribution in [0.15, 0.2) is 54.1 Å². The van der Waals surface area contributed by atoms with E-state index in [1.165, 1.54) is 14.2 Å². The summed E-state index contributed by atoms with van der Waals surface area (Å²) in [5.41, 5.74) is 1.98. The topological polar surface area (TPSA) is 85.9 Å². The standard InChI is InChI=1S/C21H22N2O5/c1-4-28-20(24)16-17(13-9-6-5-7-10-13)22-21(25)23-18(16)14-11-8-12-15(26-2)19(14)27-3/h5-12,18H,4H2,1-3H3,(H2,22,23,25)/t18-/m0/s1. The van der Waals surface area contributed by atoms with Gasteiger partial charge >= 0.3 is 12.0 Å². The summed E-state index contributed by atoms with van der Waals surface area (Å²) in [5, 5.41) is 5.55. The molecule has 1 atom stereocenters. The Morgan fingerprint density at radius 1 is 1.04 bits per heavy atom. The Hall–Kier alpha value is -3.48. The van der Waals surface area contributed by atoms with Gasteiger partial charge in [0.1, 0.15) is 0 Å². The van der Waals surface area contributed by atoms with E-state index in [4.69, 9.17) is 14.2 Å². The number of nitrogens with one attached hydrogen (secondary N) is 2. The number of ether oxygens (including phenoxy) is 3. The number of hydrogen-bond donors (Lipinski definition) is 2. The van der Waals surface area contributed by atoms with Crippen LogP contribution in [0.25, 0.3) is 5.70 Å². The van der Waals surface area contributed by atoms with Crippen molar-refractivity contribution in [1.82, 2.24) is 10.6 Å². The fraction of sp³-hybridized carbons (Fsp3) is 0.238. The summed E-state index contributed by atoms with van der Waals surface area (Å²) < 4.78 is 16.2. The van der Waals surface area contributed by atoms with Gasteiger partial charge in [0, 0.05) is 5.56 Å². The molecule has 1 heterocycles. The number of hydrogen-bond acceptors (Lipinski definition) is 5. The van der Waals surface area contributed by atoms with Crippen LogP contribution in [0.3, 0.4) is 0 Å². The SMILES string of the molecule is CCOC(=O)C1=C(c2ccccc2)NC(=O)N[C@H]1c1cccc(OC)c1OC. The van der Waals surface area contributed by atoms with Gasteiger partial charge in [-0.2, -0.15) is 0 Å². The van der Waals surface area contributed by atoms with Crippen LogP contribution in [0.1, 0.15) is 24.1 Å². The number of urea groups is 1. The van der Waals surface area contributed by atoms with Crippen LogP contribution in [0.5, 0.6) is 11.5 Å². The Bertz CT molecular complexity index is 908. The monoisotopic (exact) mass is 382 g/mol. The smallest absolute Gasteiger partial charge is 0.338 e. The van der Waals surface area contributed by atoms with Crippen molar-refractivity contribution in [3.05, 3.63) is 65.2 Å². The third-order valence-electron chi connectivity index (χ3n) is 4.37. The van der Waals surface area contributed by atoms with Crippen LogP contribution in [-0.4, -0.2) is 32.8 Å². The van der Waals surface area contributed by atoms with Gasteiger partial charge in [-0.25, -0.2) is 9.59 Å². The number of esters is 1. The van der Waals surface area contributed by atoms with Gasteiger partial charge in [-0.3, -0.25) is 0 Å². The van der Waals surface area contributed by atoms with E-state index in [-0.39, 0.29) is 6.61 Å². The molecule has 1 aliphatic heterocycles. The summed E-state index contributed by atoms with van der Waals surface area (Å²) in [5.74, 6) is 0.410. The summed E-state index contributed by atoms with van der Waals surface area (Å²) in [6.45, 7) is 1.94. The lowest BCUT2D eigenvalue weighted by molar-refractivity contribution is -0.138. The number of carbonyl (C=O) groups excluding carboxylic acids is 2. The van der Waals surface area contributed by atoms with E-state index in [1.54, 1.807) is 25.1 Å². The molecular weight excluding hydrogens is 360 g/mol. The van der Waals surface area contributed by atoms with Crippen LogP contribution in [-0.2, 0) is 9.53 Å².